The lowest BCUT2D eigenvalue weighted by atomic mass is 10.4. The van der Waals surface area contributed by atoms with Crippen molar-refractivity contribution in [3.8, 4) is 0 Å². The number of hydrogen-bond acceptors (Lipinski definition) is 3. The van der Waals surface area contributed by atoms with Gasteiger partial charge in [0.25, 0.3) is 0 Å². The lowest BCUT2D eigenvalue weighted by Gasteiger charge is -2.22. The summed E-state index contributed by atoms with van der Waals surface area (Å²) >= 11 is 3.37. The van der Waals surface area contributed by atoms with E-state index >= 15 is 0 Å². The molecule has 1 rings (SSSR count). The second-order valence-corrected chi connectivity index (χ2v) is 3.80. The number of rotatable bonds is 6. The quantitative estimate of drug-likeness (QED) is 0.744. The maximum absolute atomic E-state index is 12.7. The second-order valence-electron chi connectivity index (χ2n) is 3.00. The normalized spacial score (nSPS) is 10.3. The van der Waals surface area contributed by atoms with Gasteiger partial charge >= 0.3 is 0 Å². The van der Waals surface area contributed by atoms with E-state index in [-0.39, 0.29) is 5.82 Å². The third-order valence-electron chi connectivity index (χ3n) is 1.96. The number of aromatic nitrogens is 1. The number of methoxy groups -OCH3 is 1. The number of alkyl halides is 1. The molecule has 0 unspecified atom stereocenters. The van der Waals surface area contributed by atoms with E-state index < -0.39 is 0 Å². The van der Waals surface area contributed by atoms with E-state index in [2.05, 4.69) is 20.9 Å². The first-order valence-electron chi connectivity index (χ1n) is 4.69. The molecular formula is C10H14BrFN2O. The van der Waals surface area contributed by atoms with Gasteiger partial charge in [-0.15, -0.1) is 0 Å². The molecule has 0 saturated carbocycles. The van der Waals surface area contributed by atoms with Crippen molar-refractivity contribution in [1.82, 2.24) is 4.98 Å². The van der Waals surface area contributed by atoms with Crippen LogP contribution >= 0.6 is 15.9 Å². The number of ether oxygens (including phenoxy) is 1. The Hall–Kier alpha value is -0.680. The molecule has 5 heteroatoms. The molecule has 3 nitrogen and oxygen atoms in total. The van der Waals surface area contributed by atoms with Gasteiger partial charge in [-0.25, -0.2) is 9.37 Å². The molecule has 15 heavy (non-hydrogen) atoms. The van der Waals surface area contributed by atoms with Crippen LogP contribution in [0.3, 0.4) is 0 Å². The predicted molar refractivity (Wildman–Crippen MR) is 62.1 cm³/mol. The van der Waals surface area contributed by atoms with Crippen molar-refractivity contribution < 1.29 is 9.13 Å². The molecule has 1 aromatic heterocycles. The van der Waals surface area contributed by atoms with Gasteiger partial charge in [-0.05, 0) is 12.1 Å². The van der Waals surface area contributed by atoms with Crippen LogP contribution in [0.4, 0.5) is 10.2 Å². The Kier molecular flexibility index (Phi) is 5.57. The summed E-state index contributed by atoms with van der Waals surface area (Å²) in [6.45, 7) is 2.20. The summed E-state index contributed by atoms with van der Waals surface area (Å²) in [7, 11) is 1.66. The molecule has 84 valence electrons. The molecule has 0 bridgehead atoms. The molecule has 0 radical (unpaired) electrons. The van der Waals surface area contributed by atoms with E-state index in [1.807, 2.05) is 4.90 Å². The third-order valence-corrected chi connectivity index (χ3v) is 2.31. The predicted octanol–water partition coefficient (Wildman–Crippen LogP) is 2.07. The lowest BCUT2D eigenvalue weighted by Crippen LogP contribution is -2.29. The molecule has 0 spiro atoms. The van der Waals surface area contributed by atoms with Gasteiger partial charge in [0, 0.05) is 25.5 Å². The maximum atomic E-state index is 12.7. The average molecular weight is 277 g/mol. The molecule has 0 aliphatic carbocycles. The van der Waals surface area contributed by atoms with E-state index in [1.165, 1.54) is 12.3 Å². The Morgan fingerprint density at radius 2 is 2.27 bits per heavy atom. The van der Waals surface area contributed by atoms with E-state index in [1.54, 1.807) is 13.2 Å². The van der Waals surface area contributed by atoms with Gasteiger partial charge in [0.1, 0.15) is 11.6 Å². The summed E-state index contributed by atoms with van der Waals surface area (Å²) in [6, 6.07) is 3.09. The minimum atomic E-state index is -0.315. The Bertz CT molecular complexity index is 281. The summed E-state index contributed by atoms with van der Waals surface area (Å²) in [6.07, 6.45) is 1.23. The van der Waals surface area contributed by atoms with Gasteiger partial charge in [0.2, 0.25) is 0 Å². The molecule has 0 amide bonds. The topological polar surface area (TPSA) is 25.4 Å². The van der Waals surface area contributed by atoms with Crippen molar-refractivity contribution in [3.63, 3.8) is 0 Å². The largest absolute Gasteiger partial charge is 0.383 e. The van der Waals surface area contributed by atoms with Crippen molar-refractivity contribution in [2.24, 2.45) is 0 Å². The Morgan fingerprint density at radius 3 is 2.80 bits per heavy atom. The Labute approximate surface area is 97.4 Å². The van der Waals surface area contributed by atoms with Crippen LogP contribution in [0.15, 0.2) is 18.3 Å². The third kappa shape index (κ3) is 4.13. The van der Waals surface area contributed by atoms with Crippen LogP contribution in [0.5, 0.6) is 0 Å². The van der Waals surface area contributed by atoms with Crippen molar-refractivity contribution in [2.75, 3.05) is 37.0 Å². The molecular weight excluding hydrogens is 263 g/mol. The smallest absolute Gasteiger partial charge is 0.141 e. The van der Waals surface area contributed by atoms with E-state index in [4.69, 9.17) is 4.74 Å². The SMILES string of the molecule is COCCN(CCBr)c1ccc(F)cn1. The maximum Gasteiger partial charge on any atom is 0.141 e. The molecule has 0 aromatic carbocycles. The standard InChI is InChI=1S/C10H14BrFN2O/c1-15-7-6-14(5-4-11)10-3-2-9(12)8-13-10/h2-3,8H,4-7H2,1H3. The zero-order valence-corrected chi connectivity index (χ0v) is 10.2. The van der Waals surface area contributed by atoms with Crippen molar-refractivity contribution >= 4 is 21.7 Å². The van der Waals surface area contributed by atoms with Gasteiger partial charge < -0.3 is 9.64 Å². The summed E-state index contributed by atoms with van der Waals surface area (Å²) in [4.78, 5) is 6.06. The minimum absolute atomic E-state index is 0.315. The van der Waals surface area contributed by atoms with Crippen LogP contribution in [0.25, 0.3) is 0 Å². The number of halogens is 2. The number of hydrogen-bond donors (Lipinski definition) is 0. The highest BCUT2D eigenvalue weighted by atomic mass is 79.9. The van der Waals surface area contributed by atoms with Crippen LogP contribution in [-0.2, 0) is 4.74 Å². The van der Waals surface area contributed by atoms with Crippen LogP contribution in [-0.4, -0.2) is 37.1 Å². The fourth-order valence-electron chi connectivity index (χ4n) is 1.20. The lowest BCUT2D eigenvalue weighted by molar-refractivity contribution is 0.205. The van der Waals surface area contributed by atoms with E-state index in [0.717, 1.165) is 24.2 Å². The monoisotopic (exact) mass is 276 g/mol. The first kappa shape index (κ1) is 12.4. The minimum Gasteiger partial charge on any atom is -0.383 e. The van der Waals surface area contributed by atoms with Gasteiger partial charge in [0.15, 0.2) is 0 Å². The van der Waals surface area contributed by atoms with Gasteiger partial charge in [-0.2, -0.15) is 0 Å². The first-order chi connectivity index (χ1) is 7.27. The van der Waals surface area contributed by atoms with Crippen molar-refractivity contribution in [2.45, 2.75) is 0 Å². The molecule has 0 atom stereocenters. The van der Waals surface area contributed by atoms with Crippen LogP contribution in [0, 0.1) is 5.82 Å². The number of pyridine rings is 1. The first-order valence-corrected chi connectivity index (χ1v) is 5.81. The molecule has 1 aromatic rings. The number of nitrogens with zero attached hydrogens (tertiary/aromatic N) is 2. The highest BCUT2D eigenvalue weighted by Crippen LogP contribution is 2.10. The summed E-state index contributed by atoms with van der Waals surface area (Å²) in [5.74, 6) is 0.456. The zero-order valence-electron chi connectivity index (χ0n) is 8.62. The molecule has 1 heterocycles. The van der Waals surface area contributed by atoms with Crippen molar-refractivity contribution in [3.05, 3.63) is 24.1 Å². The van der Waals surface area contributed by atoms with Gasteiger partial charge in [-0.1, -0.05) is 15.9 Å². The van der Waals surface area contributed by atoms with E-state index in [9.17, 15) is 4.39 Å². The van der Waals surface area contributed by atoms with Crippen molar-refractivity contribution in [1.29, 1.82) is 0 Å². The fraction of sp³-hybridized carbons (Fsp3) is 0.500. The highest BCUT2D eigenvalue weighted by Gasteiger charge is 2.06. The summed E-state index contributed by atoms with van der Waals surface area (Å²) in [5.41, 5.74) is 0. The average Bonchev–Trinajstić information content (AvgIpc) is 2.25. The fourth-order valence-corrected chi connectivity index (χ4v) is 1.63. The second kappa shape index (κ2) is 6.74. The number of anilines is 1. The van der Waals surface area contributed by atoms with Crippen LogP contribution in [0.2, 0.25) is 0 Å². The molecule has 0 aliphatic rings. The van der Waals surface area contributed by atoms with Crippen LogP contribution < -0.4 is 4.90 Å². The van der Waals surface area contributed by atoms with Crippen LogP contribution in [0.1, 0.15) is 0 Å². The van der Waals surface area contributed by atoms with E-state index in [0.29, 0.717) is 6.61 Å². The Morgan fingerprint density at radius 1 is 1.47 bits per heavy atom. The molecule has 0 saturated heterocycles. The molecule has 0 N–H and O–H groups in total. The molecule has 0 fully saturated rings. The Balaban J connectivity index is 2.65. The zero-order chi connectivity index (χ0) is 11.1. The molecule has 0 aliphatic heterocycles. The summed E-state index contributed by atoms with van der Waals surface area (Å²) in [5, 5.41) is 0.843. The van der Waals surface area contributed by atoms with Gasteiger partial charge in [0.05, 0.1) is 12.8 Å². The van der Waals surface area contributed by atoms with Gasteiger partial charge in [-0.3, -0.25) is 0 Å². The summed E-state index contributed by atoms with van der Waals surface area (Å²) < 4.78 is 17.7. The highest BCUT2D eigenvalue weighted by molar-refractivity contribution is 9.09.